The molecule has 1 aromatic rings. The van der Waals surface area contributed by atoms with Crippen molar-refractivity contribution in [3.05, 3.63) is 29.8 Å². The maximum Gasteiger partial charge on any atom is 0.119 e. The van der Waals surface area contributed by atoms with Gasteiger partial charge in [0.2, 0.25) is 0 Å². The van der Waals surface area contributed by atoms with E-state index < -0.39 is 0 Å². The van der Waals surface area contributed by atoms with E-state index in [1.165, 1.54) is 24.8 Å². The van der Waals surface area contributed by atoms with E-state index in [4.69, 9.17) is 10.5 Å². The number of benzene rings is 1. The van der Waals surface area contributed by atoms with Crippen LogP contribution < -0.4 is 10.5 Å². The van der Waals surface area contributed by atoms with E-state index in [0.29, 0.717) is 5.41 Å². The normalized spacial score (nSPS) is 17.1. The first-order chi connectivity index (χ1) is 7.28. The molecule has 3 heteroatoms. The Morgan fingerprint density at radius 2 is 2.12 bits per heavy atom. The molecule has 2 N–H and O–H groups in total. The predicted octanol–water partition coefficient (Wildman–Crippen LogP) is 2.79. The van der Waals surface area contributed by atoms with Crippen LogP contribution in [0.2, 0.25) is 0 Å². The molecule has 0 spiro atoms. The first kappa shape index (κ1) is 13.3. The van der Waals surface area contributed by atoms with Gasteiger partial charge in [0, 0.05) is 0 Å². The van der Waals surface area contributed by atoms with Gasteiger partial charge in [0.15, 0.2) is 0 Å². The molecule has 0 atom stereocenters. The van der Waals surface area contributed by atoms with Crippen molar-refractivity contribution in [1.29, 1.82) is 0 Å². The molecular weight excluding hydrogens is 222 g/mol. The number of halogens is 1. The summed E-state index contributed by atoms with van der Waals surface area (Å²) in [5.74, 6) is 0.944. The number of hydrogen-bond donors (Lipinski definition) is 1. The highest BCUT2D eigenvalue weighted by Crippen LogP contribution is 2.42. The monoisotopic (exact) mass is 241 g/mol. The molecule has 1 aliphatic carbocycles. The Morgan fingerprint density at radius 3 is 2.62 bits per heavy atom. The van der Waals surface area contributed by atoms with E-state index >= 15 is 0 Å². The summed E-state index contributed by atoms with van der Waals surface area (Å²) in [6.45, 7) is 0.810. The molecule has 0 amide bonds. The van der Waals surface area contributed by atoms with Crippen LogP contribution in [-0.4, -0.2) is 13.7 Å². The Kier molecular flexibility index (Phi) is 4.63. The third-order valence-electron chi connectivity index (χ3n) is 3.56. The Bertz CT molecular complexity index is 331. The highest BCUT2D eigenvalue weighted by atomic mass is 35.5. The van der Waals surface area contributed by atoms with Gasteiger partial charge in [-0.25, -0.2) is 0 Å². The largest absolute Gasteiger partial charge is 0.497 e. The molecule has 0 radical (unpaired) electrons. The van der Waals surface area contributed by atoms with Gasteiger partial charge < -0.3 is 10.5 Å². The van der Waals surface area contributed by atoms with Crippen molar-refractivity contribution < 1.29 is 4.74 Å². The third kappa shape index (κ3) is 2.69. The van der Waals surface area contributed by atoms with Crippen molar-refractivity contribution in [2.75, 3.05) is 13.7 Å². The van der Waals surface area contributed by atoms with Gasteiger partial charge in [-0.05, 0) is 48.9 Å². The molecule has 16 heavy (non-hydrogen) atoms. The third-order valence-corrected chi connectivity index (χ3v) is 3.56. The molecule has 1 aromatic carbocycles. The molecule has 0 aromatic heterocycles. The molecular formula is C13H20ClNO. The molecule has 0 unspecified atom stereocenters. The van der Waals surface area contributed by atoms with Crippen LogP contribution in [0, 0.1) is 5.41 Å². The molecule has 2 nitrogen and oxygen atoms in total. The van der Waals surface area contributed by atoms with E-state index in [9.17, 15) is 0 Å². The van der Waals surface area contributed by atoms with Crippen LogP contribution in [0.15, 0.2) is 24.3 Å². The van der Waals surface area contributed by atoms with Crippen LogP contribution in [0.5, 0.6) is 5.75 Å². The van der Waals surface area contributed by atoms with Gasteiger partial charge >= 0.3 is 0 Å². The maximum absolute atomic E-state index is 5.86. The molecule has 90 valence electrons. The average molecular weight is 242 g/mol. The lowest BCUT2D eigenvalue weighted by molar-refractivity contribution is 0.145. The number of hydrogen-bond acceptors (Lipinski definition) is 2. The van der Waals surface area contributed by atoms with E-state index in [2.05, 4.69) is 18.2 Å². The van der Waals surface area contributed by atoms with E-state index in [1.807, 2.05) is 6.07 Å². The Labute approximate surface area is 104 Å². The lowest BCUT2D eigenvalue weighted by atomic mass is 9.65. The highest BCUT2D eigenvalue weighted by Gasteiger charge is 2.35. The van der Waals surface area contributed by atoms with Crippen LogP contribution >= 0.6 is 12.4 Å². The highest BCUT2D eigenvalue weighted by molar-refractivity contribution is 5.85. The topological polar surface area (TPSA) is 35.2 Å². The molecule has 0 bridgehead atoms. The first-order valence-electron chi connectivity index (χ1n) is 5.61. The smallest absolute Gasteiger partial charge is 0.119 e. The molecule has 1 aliphatic rings. The van der Waals surface area contributed by atoms with Gasteiger partial charge in [-0.2, -0.15) is 0 Å². The lowest BCUT2D eigenvalue weighted by Crippen LogP contribution is -2.39. The summed E-state index contributed by atoms with van der Waals surface area (Å²) in [5.41, 5.74) is 7.58. The number of nitrogens with two attached hydrogens (primary N) is 1. The van der Waals surface area contributed by atoms with E-state index in [-0.39, 0.29) is 12.4 Å². The standard InChI is InChI=1S/C13H19NO.ClH/c1-15-12-5-2-4-11(8-12)9-13(10-14)6-3-7-13;/h2,4-5,8H,3,6-7,9-10,14H2,1H3;1H. The van der Waals surface area contributed by atoms with Crippen molar-refractivity contribution in [1.82, 2.24) is 0 Å². The number of methoxy groups -OCH3 is 1. The van der Waals surface area contributed by atoms with Crippen molar-refractivity contribution >= 4 is 12.4 Å². The Balaban J connectivity index is 0.00000128. The Morgan fingerprint density at radius 1 is 1.38 bits per heavy atom. The second-order valence-corrected chi connectivity index (χ2v) is 4.59. The predicted molar refractivity (Wildman–Crippen MR) is 69.3 cm³/mol. The van der Waals surface area contributed by atoms with Crippen molar-refractivity contribution in [2.45, 2.75) is 25.7 Å². The second kappa shape index (κ2) is 5.55. The van der Waals surface area contributed by atoms with Crippen LogP contribution in [0.4, 0.5) is 0 Å². The Hall–Kier alpha value is -0.730. The minimum atomic E-state index is 0. The fraction of sp³-hybridized carbons (Fsp3) is 0.538. The van der Waals surface area contributed by atoms with Gasteiger partial charge in [0.25, 0.3) is 0 Å². The summed E-state index contributed by atoms with van der Waals surface area (Å²) >= 11 is 0. The van der Waals surface area contributed by atoms with Crippen molar-refractivity contribution in [3.8, 4) is 5.75 Å². The summed E-state index contributed by atoms with van der Waals surface area (Å²) in [6, 6.07) is 8.32. The minimum Gasteiger partial charge on any atom is -0.497 e. The zero-order chi connectivity index (χ0) is 10.7. The fourth-order valence-corrected chi connectivity index (χ4v) is 2.35. The summed E-state index contributed by atoms with van der Waals surface area (Å²) < 4.78 is 5.22. The maximum atomic E-state index is 5.86. The first-order valence-corrected chi connectivity index (χ1v) is 5.61. The van der Waals surface area contributed by atoms with Gasteiger partial charge in [-0.1, -0.05) is 18.6 Å². The van der Waals surface area contributed by atoms with Gasteiger partial charge in [-0.15, -0.1) is 12.4 Å². The quantitative estimate of drug-likeness (QED) is 0.880. The summed E-state index contributed by atoms with van der Waals surface area (Å²) in [6.07, 6.45) is 4.99. The number of ether oxygens (including phenoxy) is 1. The molecule has 0 heterocycles. The molecule has 2 rings (SSSR count). The van der Waals surface area contributed by atoms with Gasteiger partial charge in [0.1, 0.15) is 5.75 Å². The minimum absolute atomic E-state index is 0. The summed E-state index contributed by atoms with van der Waals surface area (Å²) in [5, 5.41) is 0. The lowest BCUT2D eigenvalue weighted by Gasteiger charge is -2.41. The average Bonchev–Trinajstić information content (AvgIpc) is 2.24. The van der Waals surface area contributed by atoms with E-state index in [1.54, 1.807) is 7.11 Å². The zero-order valence-corrected chi connectivity index (χ0v) is 10.6. The van der Waals surface area contributed by atoms with Gasteiger partial charge in [0.05, 0.1) is 7.11 Å². The summed E-state index contributed by atoms with van der Waals surface area (Å²) in [7, 11) is 1.71. The zero-order valence-electron chi connectivity index (χ0n) is 9.74. The van der Waals surface area contributed by atoms with Crippen molar-refractivity contribution in [3.63, 3.8) is 0 Å². The molecule has 0 aliphatic heterocycles. The van der Waals surface area contributed by atoms with Crippen LogP contribution in [0.1, 0.15) is 24.8 Å². The van der Waals surface area contributed by atoms with Crippen LogP contribution in [-0.2, 0) is 6.42 Å². The molecule has 1 fully saturated rings. The van der Waals surface area contributed by atoms with Crippen molar-refractivity contribution in [2.24, 2.45) is 11.1 Å². The van der Waals surface area contributed by atoms with E-state index in [0.717, 1.165) is 18.7 Å². The fourth-order valence-electron chi connectivity index (χ4n) is 2.35. The molecule has 1 saturated carbocycles. The van der Waals surface area contributed by atoms with Gasteiger partial charge in [-0.3, -0.25) is 0 Å². The van der Waals surface area contributed by atoms with Crippen LogP contribution in [0.25, 0.3) is 0 Å². The SMILES string of the molecule is COc1cccc(CC2(CN)CCC2)c1.Cl. The summed E-state index contributed by atoms with van der Waals surface area (Å²) in [4.78, 5) is 0. The second-order valence-electron chi connectivity index (χ2n) is 4.59. The van der Waals surface area contributed by atoms with Crippen LogP contribution in [0.3, 0.4) is 0 Å². The molecule has 0 saturated heterocycles. The number of rotatable bonds is 4.